The lowest BCUT2D eigenvalue weighted by Gasteiger charge is -1.95. The summed E-state index contributed by atoms with van der Waals surface area (Å²) in [4.78, 5) is 0. The Bertz CT molecular complexity index is 205. The summed E-state index contributed by atoms with van der Waals surface area (Å²) in [6, 6.07) is 4.64. The first kappa shape index (κ1) is 9.40. The largest absolute Gasteiger partial charge is 0.344 e. The molecule has 56 valence electrons. The van der Waals surface area contributed by atoms with Crippen molar-refractivity contribution in [3.63, 3.8) is 0 Å². The predicted octanol–water partition coefficient (Wildman–Crippen LogP) is 2.95. The highest BCUT2D eigenvalue weighted by Gasteiger charge is 1.97. The Morgan fingerprint density at radius 2 is 2.00 bits per heavy atom. The molecule has 0 bridgehead atoms. The SMILES string of the molecule is Cc1c(F)cccc1Cl.N. The van der Waals surface area contributed by atoms with Crippen molar-refractivity contribution >= 4 is 11.6 Å². The lowest BCUT2D eigenvalue weighted by molar-refractivity contribution is 0.618. The molecule has 1 aromatic rings. The molecule has 10 heavy (non-hydrogen) atoms. The van der Waals surface area contributed by atoms with Gasteiger partial charge in [-0.15, -0.1) is 0 Å². The first-order valence-corrected chi connectivity index (χ1v) is 3.00. The Morgan fingerprint density at radius 3 is 2.40 bits per heavy atom. The molecule has 0 saturated carbocycles. The molecule has 0 aliphatic rings. The van der Waals surface area contributed by atoms with E-state index < -0.39 is 0 Å². The van der Waals surface area contributed by atoms with Crippen molar-refractivity contribution < 1.29 is 4.39 Å². The molecule has 1 nitrogen and oxygen atoms in total. The molecule has 0 fully saturated rings. The van der Waals surface area contributed by atoms with E-state index in [0.29, 0.717) is 10.6 Å². The predicted molar refractivity (Wildman–Crippen MR) is 41.2 cm³/mol. The van der Waals surface area contributed by atoms with Gasteiger partial charge >= 0.3 is 0 Å². The second-order valence-electron chi connectivity index (χ2n) is 1.85. The Balaban J connectivity index is 0.000000810. The van der Waals surface area contributed by atoms with Gasteiger partial charge in [-0.1, -0.05) is 17.7 Å². The number of benzene rings is 1. The van der Waals surface area contributed by atoms with Gasteiger partial charge in [-0.25, -0.2) is 4.39 Å². The highest BCUT2D eigenvalue weighted by atomic mass is 35.5. The third-order valence-electron chi connectivity index (χ3n) is 1.20. The van der Waals surface area contributed by atoms with Crippen molar-refractivity contribution in [2.45, 2.75) is 6.92 Å². The summed E-state index contributed by atoms with van der Waals surface area (Å²) in [5.41, 5.74) is 0.513. The van der Waals surface area contributed by atoms with Crippen LogP contribution < -0.4 is 6.15 Å². The van der Waals surface area contributed by atoms with Crippen LogP contribution in [0.4, 0.5) is 4.39 Å². The summed E-state index contributed by atoms with van der Waals surface area (Å²) >= 11 is 5.57. The molecule has 0 amide bonds. The van der Waals surface area contributed by atoms with Crippen LogP contribution in [0.3, 0.4) is 0 Å². The van der Waals surface area contributed by atoms with E-state index in [4.69, 9.17) is 11.6 Å². The maximum atomic E-state index is 12.5. The van der Waals surface area contributed by atoms with E-state index in [1.54, 1.807) is 19.1 Å². The van der Waals surface area contributed by atoms with Gasteiger partial charge in [-0.05, 0) is 19.1 Å². The molecular weight excluding hydrogens is 153 g/mol. The van der Waals surface area contributed by atoms with Crippen LogP contribution in [0.2, 0.25) is 5.02 Å². The zero-order chi connectivity index (χ0) is 6.85. The van der Waals surface area contributed by atoms with Crippen molar-refractivity contribution in [2.24, 2.45) is 0 Å². The van der Waals surface area contributed by atoms with Crippen LogP contribution in [0.1, 0.15) is 5.56 Å². The smallest absolute Gasteiger partial charge is 0.127 e. The van der Waals surface area contributed by atoms with Gasteiger partial charge in [0.25, 0.3) is 0 Å². The Morgan fingerprint density at radius 1 is 1.40 bits per heavy atom. The molecule has 3 N–H and O–H groups in total. The second kappa shape index (κ2) is 3.54. The minimum Gasteiger partial charge on any atom is -0.344 e. The van der Waals surface area contributed by atoms with Gasteiger partial charge in [0.1, 0.15) is 5.82 Å². The summed E-state index contributed by atoms with van der Waals surface area (Å²) in [6.45, 7) is 1.65. The van der Waals surface area contributed by atoms with E-state index in [1.807, 2.05) is 0 Å². The second-order valence-corrected chi connectivity index (χ2v) is 2.25. The molecule has 0 aliphatic heterocycles. The maximum Gasteiger partial charge on any atom is 0.127 e. The van der Waals surface area contributed by atoms with Crippen molar-refractivity contribution in [2.75, 3.05) is 0 Å². The maximum absolute atomic E-state index is 12.5. The summed E-state index contributed by atoms with van der Waals surface area (Å²) in [5.74, 6) is -0.248. The normalized spacial score (nSPS) is 8.70. The molecule has 1 rings (SSSR count). The van der Waals surface area contributed by atoms with Gasteiger partial charge in [-0.2, -0.15) is 0 Å². The molecular formula is C7H9ClFN. The van der Waals surface area contributed by atoms with Gasteiger partial charge in [-0.3, -0.25) is 0 Å². The van der Waals surface area contributed by atoms with Gasteiger partial charge in [0, 0.05) is 10.6 Å². The standard InChI is InChI=1S/C7H6ClF.H3N/c1-5-6(8)3-2-4-7(5)9;/h2-4H,1H3;1H3. The number of rotatable bonds is 0. The number of hydrogen-bond acceptors (Lipinski definition) is 1. The summed E-state index contributed by atoms with van der Waals surface area (Å²) in [7, 11) is 0. The fourth-order valence-electron chi connectivity index (χ4n) is 0.581. The highest BCUT2D eigenvalue weighted by Crippen LogP contribution is 2.16. The van der Waals surface area contributed by atoms with E-state index in [-0.39, 0.29) is 12.0 Å². The monoisotopic (exact) mass is 161 g/mol. The average Bonchev–Trinajstić information content (AvgIpc) is 1.83. The van der Waals surface area contributed by atoms with Crippen molar-refractivity contribution in [3.05, 3.63) is 34.6 Å². The topological polar surface area (TPSA) is 35.0 Å². The third kappa shape index (κ3) is 1.69. The lowest BCUT2D eigenvalue weighted by Crippen LogP contribution is -1.80. The highest BCUT2D eigenvalue weighted by molar-refractivity contribution is 6.31. The molecule has 0 atom stereocenters. The zero-order valence-corrected chi connectivity index (χ0v) is 6.45. The lowest BCUT2D eigenvalue weighted by atomic mass is 10.2. The quantitative estimate of drug-likeness (QED) is 0.624. The van der Waals surface area contributed by atoms with Crippen molar-refractivity contribution in [1.29, 1.82) is 0 Å². The molecule has 0 saturated heterocycles. The molecule has 0 unspecified atom stereocenters. The molecule has 3 heteroatoms. The van der Waals surface area contributed by atoms with E-state index in [2.05, 4.69) is 0 Å². The molecule has 0 heterocycles. The summed E-state index contributed by atoms with van der Waals surface area (Å²) < 4.78 is 12.5. The molecule has 0 radical (unpaired) electrons. The van der Waals surface area contributed by atoms with E-state index in [9.17, 15) is 4.39 Å². The molecule has 1 aromatic carbocycles. The first-order chi connectivity index (χ1) is 4.22. The molecule has 0 aromatic heterocycles. The van der Waals surface area contributed by atoms with Gasteiger partial charge < -0.3 is 6.15 Å². The van der Waals surface area contributed by atoms with E-state index in [0.717, 1.165) is 0 Å². The average molecular weight is 162 g/mol. The van der Waals surface area contributed by atoms with Crippen LogP contribution in [0.25, 0.3) is 0 Å². The molecule has 0 spiro atoms. The van der Waals surface area contributed by atoms with Crippen LogP contribution in [0.5, 0.6) is 0 Å². The van der Waals surface area contributed by atoms with Crippen LogP contribution in [0.15, 0.2) is 18.2 Å². The van der Waals surface area contributed by atoms with Crippen molar-refractivity contribution in [1.82, 2.24) is 6.15 Å². The van der Waals surface area contributed by atoms with E-state index in [1.165, 1.54) is 6.07 Å². The number of halogens is 2. The Hall–Kier alpha value is -0.600. The minimum absolute atomic E-state index is 0. The zero-order valence-electron chi connectivity index (χ0n) is 5.70. The van der Waals surface area contributed by atoms with Crippen molar-refractivity contribution in [3.8, 4) is 0 Å². The Labute approximate surface area is 64.4 Å². The van der Waals surface area contributed by atoms with Crippen LogP contribution >= 0.6 is 11.6 Å². The van der Waals surface area contributed by atoms with Crippen LogP contribution in [-0.4, -0.2) is 0 Å². The Kier molecular flexibility index (Phi) is 3.33. The van der Waals surface area contributed by atoms with Gasteiger partial charge in [0.15, 0.2) is 0 Å². The fourth-order valence-corrected chi connectivity index (χ4v) is 0.744. The fraction of sp³-hybridized carbons (Fsp3) is 0.143. The van der Waals surface area contributed by atoms with Crippen LogP contribution in [0, 0.1) is 12.7 Å². The van der Waals surface area contributed by atoms with Crippen LogP contribution in [-0.2, 0) is 0 Å². The van der Waals surface area contributed by atoms with Gasteiger partial charge in [0.2, 0.25) is 0 Å². The number of hydrogen-bond donors (Lipinski definition) is 1. The summed E-state index contributed by atoms with van der Waals surface area (Å²) in [6.07, 6.45) is 0. The van der Waals surface area contributed by atoms with E-state index >= 15 is 0 Å². The first-order valence-electron chi connectivity index (χ1n) is 2.62. The molecule has 0 aliphatic carbocycles. The van der Waals surface area contributed by atoms with Gasteiger partial charge in [0.05, 0.1) is 0 Å². The summed E-state index contributed by atoms with van der Waals surface area (Å²) in [5, 5.41) is 0.481. The third-order valence-corrected chi connectivity index (χ3v) is 1.61. The minimum atomic E-state index is -0.248.